The molecule has 4 nitrogen and oxygen atoms in total. The first-order valence-corrected chi connectivity index (χ1v) is 6.82. The molecule has 0 fully saturated rings. The third kappa shape index (κ3) is 3.99. The molecule has 110 valence electrons. The minimum absolute atomic E-state index is 0.0296. The van der Waals surface area contributed by atoms with Crippen LogP contribution >= 0.6 is 0 Å². The smallest absolute Gasteiger partial charge is 0.262 e. The number of nitrogen functional groups attached to an aromatic ring is 1. The Hall–Kier alpha value is -2.49. The Morgan fingerprint density at radius 2 is 1.90 bits per heavy atom. The van der Waals surface area contributed by atoms with Gasteiger partial charge >= 0.3 is 0 Å². The molecular weight excluding hydrogens is 264 g/mol. The maximum Gasteiger partial charge on any atom is 0.262 e. The number of nitrogens with one attached hydrogen (secondary N) is 1. The minimum atomic E-state index is -0.186. The molecule has 0 spiro atoms. The Labute approximate surface area is 124 Å². The monoisotopic (exact) mass is 284 g/mol. The van der Waals surface area contributed by atoms with E-state index in [2.05, 4.69) is 5.32 Å². The maximum absolute atomic E-state index is 11.9. The van der Waals surface area contributed by atoms with Gasteiger partial charge in [-0.05, 0) is 61.7 Å². The van der Waals surface area contributed by atoms with Gasteiger partial charge in [0, 0.05) is 11.4 Å². The fourth-order valence-corrected chi connectivity index (χ4v) is 2.03. The number of anilines is 2. The molecule has 0 saturated heterocycles. The summed E-state index contributed by atoms with van der Waals surface area (Å²) in [7, 11) is 0. The number of carbonyl (C=O) groups excluding carboxylic acids is 1. The summed E-state index contributed by atoms with van der Waals surface area (Å²) in [5.74, 6) is 0.496. The molecule has 1 amide bonds. The van der Waals surface area contributed by atoms with E-state index in [9.17, 15) is 4.79 Å². The molecule has 2 rings (SSSR count). The normalized spacial score (nSPS) is 10.2. The van der Waals surface area contributed by atoms with Crippen LogP contribution in [0.25, 0.3) is 0 Å². The van der Waals surface area contributed by atoms with E-state index in [1.807, 2.05) is 57.2 Å². The lowest BCUT2D eigenvalue weighted by Gasteiger charge is -2.12. The zero-order valence-electron chi connectivity index (χ0n) is 12.6. The fraction of sp³-hybridized carbons (Fsp3) is 0.235. The van der Waals surface area contributed by atoms with E-state index in [4.69, 9.17) is 10.5 Å². The molecule has 0 unspecified atom stereocenters. The summed E-state index contributed by atoms with van der Waals surface area (Å²) < 4.78 is 5.57. The molecule has 0 heterocycles. The number of rotatable bonds is 4. The molecule has 2 aromatic rings. The Balaban J connectivity index is 1.97. The van der Waals surface area contributed by atoms with Crippen LogP contribution in [0.15, 0.2) is 36.4 Å². The summed E-state index contributed by atoms with van der Waals surface area (Å²) >= 11 is 0. The second kappa shape index (κ2) is 6.31. The third-order valence-electron chi connectivity index (χ3n) is 3.22. The first kappa shape index (κ1) is 14.9. The van der Waals surface area contributed by atoms with Crippen LogP contribution in [0.2, 0.25) is 0 Å². The van der Waals surface area contributed by atoms with Crippen LogP contribution in [-0.4, -0.2) is 12.5 Å². The van der Waals surface area contributed by atoms with Crippen molar-refractivity contribution in [2.75, 3.05) is 17.7 Å². The van der Waals surface area contributed by atoms with Crippen LogP contribution in [0.5, 0.6) is 5.75 Å². The number of benzene rings is 2. The van der Waals surface area contributed by atoms with Crippen molar-refractivity contribution in [1.29, 1.82) is 0 Å². The maximum atomic E-state index is 11.9. The molecule has 21 heavy (non-hydrogen) atoms. The quantitative estimate of drug-likeness (QED) is 0.847. The molecule has 4 heteroatoms. The first-order valence-electron chi connectivity index (χ1n) is 6.82. The van der Waals surface area contributed by atoms with Gasteiger partial charge in [0.2, 0.25) is 0 Å². The summed E-state index contributed by atoms with van der Waals surface area (Å²) in [5, 5.41) is 2.81. The van der Waals surface area contributed by atoms with Crippen LogP contribution in [0, 0.1) is 20.8 Å². The predicted octanol–water partition coefficient (Wildman–Crippen LogP) is 3.21. The van der Waals surface area contributed by atoms with Crippen molar-refractivity contribution in [2.24, 2.45) is 0 Å². The SMILES string of the molecule is Cc1cccc(NC(=O)COc2cc(C)c(N)cc2C)c1. The van der Waals surface area contributed by atoms with Gasteiger partial charge in [-0.1, -0.05) is 12.1 Å². The highest BCUT2D eigenvalue weighted by atomic mass is 16.5. The number of hydrogen-bond acceptors (Lipinski definition) is 3. The van der Waals surface area contributed by atoms with Crippen molar-refractivity contribution in [3.05, 3.63) is 53.1 Å². The van der Waals surface area contributed by atoms with E-state index in [0.717, 1.165) is 28.1 Å². The molecule has 0 aliphatic carbocycles. The number of aryl methyl sites for hydroxylation is 3. The number of ether oxygens (including phenoxy) is 1. The van der Waals surface area contributed by atoms with Gasteiger partial charge in [0.1, 0.15) is 5.75 Å². The molecule has 0 atom stereocenters. The molecule has 0 aliphatic rings. The highest BCUT2D eigenvalue weighted by molar-refractivity contribution is 5.91. The average molecular weight is 284 g/mol. The van der Waals surface area contributed by atoms with Crippen molar-refractivity contribution in [1.82, 2.24) is 0 Å². The Morgan fingerprint density at radius 3 is 2.62 bits per heavy atom. The molecule has 2 aromatic carbocycles. The number of carbonyl (C=O) groups is 1. The molecule has 3 N–H and O–H groups in total. The van der Waals surface area contributed by atoms with Gasteiger partial charge < -0.3 is 15.8 Å². The zero-order chi connectivity index (χ0) is 15.4. The topological polar surface area (TPSA) is 64.3 Å². The summed E-state index contributed by atoms with van der Waals surface area (Å²) in [6.45, 7) is 5.77. The van der Waals surface area contributed by atoms with Crippen LogP contribution in [0.4, 0.5) is 11.4 Å². The standard InChI is InChI=1S/C17H20N2O2/c1-11-5-4-6-14(7-11)19-17(20)10-21-16-9-12(2)15(18)8-13(16)3/h4-9H,10,18H2,1-3H3,(H,19,20). The van der Waals surface area contributed by atoms with Crippen molar-refractivity contribution < 1.29 is 9.53 Å². The van der Waals surface area contributed by atoms with Gasteiger partial charge in [0.15, 0.2) is 6.61 Å². The van der Waals surface area contributed by atoms with Crippen molar-refractivity contribution in [3.8, 4) is 5.75 Å². The first-order chi connectivity index (χ1) is 9.95. The Kier molecular flexibility index (Phi) is 4.48. The molecule has 0 radical (unpaired) electrons. The Bertz CT molecular complexity index is 666. The highest BCUT2D eigenvalue weighted by Gasteiger charge is 2.07. The van der Waals surface area contributed by atoms with Gasteiger partial charge in [-0.25, -0.2) is 0 Å². The second-order valence-electron chi connectivity index (χ2n) is 5.18. The lowest BCUT2D eigenvalue weighted by molar-refractivity contribution is -0.118. The Morgan fingerprint density at radius 1 is 1.14 bits per heavy atom. The van der Waals surface area contributed by atoms with Gasteiger partial charge in [-0.15, -0.1) is 0 Å². The summed E-state index contributed by atoms with van der Waals surface area (Å²) in [5.41, 5.74) is 10.3. The van der Waals surface area contributed by atoms with E-state index in [0.29, 0.717) is 5.75 Å². The van der Waals surface area contributed by atoms with Gasteiger partial charge in [-0.2, -0.15) is 0 Å². The van der Waals surface area contributed by atoms with E-state index in [1.165, 1.54) is 0 Å². The minimum Gasteiger partial charge on any atom is -0.483 e. The summed E-state index contributed by atoms with van der Waals surface area (Å²) in [6.07, 6.45) is 0. The van der Waals surface area contributed by atoms with Crippen LogP contribution in [0.3, 0.4) is 0 Å². The molecule has 0 aromatic heterocycles. The number of nitrogens with two attached hydrogens (primary N) is 1. The summed E-state index contributed by atoms with van der Waals surface area (Å²) in [4.78, 5) is 11.9. The van der Waals surface area contributed by atoms with E-state index < -0.39 is 0 Å². The van der Waals surface area contributed by atoms with E-state index >= 15 is 0 Å². The lowest BCUT2D eigenvalue weighted by atomic mass is 10.1. The van der Waals surface area contributed by atoms with Gasteiger partial charge in [-0.3, -0.25) is 4.79 Å². The number of amides is 1. The van der Waals surface area contributed by atoms with Crippen molar-refractivity contribution >= 4 is 17.3 Å². The van der Waals surface area contributed by atoms with Crippen molar-refractivity contribution in [3.63, 3.8) is 0 Å². The van der Waals surface area contributed by atoms with E-state index in [-0.39, 0.29) is 12.5 Å². The van der Waals surface area contributed by atoms with Crippen LogP contribution < -0.4 is 15.8 Å². The third-order valence-corrected chi connectivity index (χ3v) is 3.22. The van der Waals surface area contributed by atoms with Crippen LogP contribution in [-0.2, 0) is 4.79 Å². The highest BCUT2D eigenvalue weighted by Crippen LogP contribution is 2.24. The summed E-state index contributed by atoms with van der Waals surface area (Å²) in [6, 6.07) is 11.3. The van der Waals surface area contributed by atoms with Gasteiger partial charge in [0.05, 0.1) is 0 Å². The molecule has 0 bridgehead atoms. The molecule has 0 aliphatic heterocycles. The van der Waals surface area contributed by atoms with Crippen molar-refractivity contribution in [2.45, 2.75) is 20.8 Å². The predicted molar refractivity (Wildman–Crippen MR) is 85.6 cm³/mol. The molecule has 0 saturated carbocycles. The van der Waals surface area contributed by atoms with E-state index in [1.54, 1.807) is 0 Å². The number of hydrogen-bond donors (Lipinski definition) is 2. The lowest BCUT2D eigenvalue weighted by Crippen LogP contribution is -2.20. The zero-order valence-corrected chi connectivity index (χ0v) is 12.6. The second-order valence-corrected chi connectivity index (χ2v) is 5.18. The fourth-order valence-electron chi connectivity index (χ4n) is 2.03. The molecular formula is C17H20N2O2. The van der Waals surface area contributed by atoms with Gasteiger partial charge in [0.25, 0.3) is 5.91 Å². The largest absolute Gasteiger partial charge is 0.483 e. The average Bonchev–Trinajstić information content (AvgIpc) is 2.41. The van der Waals surface area contributed by atoms with Crippen LogP contribution in [0.1, 0.15) is 16.7 Å².